The highest BCUT2D eigenvalue weighted by atomic mass is 35.5. The van der Waals surface area contributed by atoms with Crippen LogP contribution in [0.2, 0.25) is 10.0 Å². The number of carbonyl (C=O) groups is 2. The van der Waals surface area contributed by atoms with E-state index in [0.29, 0.717) is 28.0 Å². The van der Waals surface area contributed by atoms with Gasteiger partial charge in [-0.15, -0.1) is 0 Å². The maximum atomic E-state index is 12.1. The molecule has 0 bridgehead atoms. The Kier molecular flexibility index (Phi) is 8.25. The van der Waals surface area contributed by atoms with Gasteiger partial charge >= 0.3 is 11.8 Å². The minimum absolute atomic E-state index is 0.303. The van der Waals surface area contributed by atoms with Crippen molar-refractivity contribution >= 4 is 41.2 Å². The van der Waals surface area contributed by atoms with Crippen molar-refractivity contribution < 1.29 is 14.3 Å². The molecule has 8 heteroatoms. The zero-order chi connectivity index (χ0) is 22.9. The lowest BCUT2D eigenvalue weighted by Crippen LogP contribution is -2.39. The van der Waals surface area contributed by atoms with Crippen LogP contribution >= 0.6 is 23.2 Å². The van der Waals surface area contributed by atoms with Gasteiger partial charge in [-0.1, -0.05) is 71.7 Å². The van der Waals surface area contributed by atoms with Gasteiger partial charge in [-0.3, -0.25) is 9.59 Å². The number of hydrogen-bond acceptors (Lipinski definition) is 4. The van der Waals surface area contributed by atoms with Gasteiger partial charge in [-0.2, -0.15) is 5.10 Å². The van der Waals surface area contributed by atoms with Crippen molar-refractivity contribution in [1.29, 1.82) is 0 Å². The summed E-state index contributed by atoms with van der Waals surface area (Å²) in [5.41, 5.74) is 4.69. The van der Waals surface area contributed by atoms with Crippen LogP contribution in [0.5, 0.6) is 5.75 Å². The van der Waals surface area contributed by atoms with Crippen molar-refractivity contribution in [2.24, 2.45) is 5.10 Å². The Morgan fingerprint density at radius 1 is 0.969 bits per heavy atom. The van der Waals surface area contributed by atoms with Crippen LogP contribution in [-0.2, 0) is 16.2 Å². The summed E-state index contributed by atoms with van der Waals surface area (Å²) < 4.78 is 5.76. The fraction of sp³-hybridized carbons (Fsp3) is 0.125. The molecule has 0 spiro atoms. The zero-order valence-corrected chi connectivity index (χ0v) is 18.7. The molecule has 3 aromatic carbocycles. The number of carbonyl (C=O) groups excluding carboxylic acids is 2. The van der Waals surface area contributed by atoms with Gasteiger partial charge in [0.25, 0.3) is 0 Å². The summed E-state index contributed by atoms with van der Waals surface area (Å²) in [6.45, 7) is 2.11. The first-order chi connectivity index (χ1) is 15.4. The summed E-state index contributed by atoms with van der Waals surface area (Å²) in [6, 6.07) is 21.5. The van der Waals surface area contributed by atoms with Gasteiger partial charge in [0.2, 0.25) is 0 Å². The highest BCUT2D eigenvalue weighted by Crippen LogP contribution is 2.23. The van der Waals surface area contributed by atoms with Crippen LogP contribution < -0.4 is 15.5 Å². The average molecular weight is 470 g/mol. The lowest BCUT2D eigenvalue weighted by molar-refractivity contribution is -0.139. The van der Waals surface area contributed by atoms with E-state index in [-0.39, 0.29) is 6.04 Å². The molecule has 3 rings (SSSR count). The van der Waals surface area contributed by atoms with Crippen LogP contribution in [0.3, 0.4) is 0 Å². The zero-order valence-electron chi connectivity index (χ0n) is 17.2. The van der Waals surface area contributed by atoms with E-state index in [1.54, 1.807) is 43.3 Å². The number of hydrogen-bond donors (Lipinski definition) is 2. The number of halogens is 2. The molecule has 0 aliphatic heterocycles. The minimum atomic E-state index is -0.851. The molecule has 0 saturated heterocycles. The number of rotatable bonds is 7. The maximum absolute atomic E-state index is 12.1. The Bertz CT molecular complexity index is 1120. The second-order valence-electron chi connectivity index (χ2n) is 6.91. The van der Waals surface area contributed by atoms with Crippen LogP contribution in [0.25, 0.3) is 0 Å². The molecule has 0 radical (unpaired) electrons. The quantitative estimate of drug-likeness (QED) is 0.293. The van der Waals surface area contributed by atoms with Gasteiger partial charge in [0.15, 0.2) is 0 Å². The third-order valence-corrected chi connectivity index (χ3v) is 5.22. The van der Waals surface area contributed by atoms with Gasteiger partial charge in [0.05, 0.1) is 22.3 Å². The molecular formula is C24H21Cl2N3O3. The SMILES string of the molecule is C[C@H](NC(=O)C(=O)N/N=C\c1cccc(OCc2ccc(Cl)c(Cl)c2)c1)c1ccccc1. The number of nitrogens with zero attached hydrogens (tertiary/aromatic N) is 1. The van der Waals surface area contributed by atoms with E-state index in [2.05, 4.69) is 15.8 Å². The molecule has 6 nitrogen and oxygen atoms in total. The Morgan fingerprint density at radius 3 is 2.50 bits per heavy atom. The second kappa shape index (κ2) is 11.3. The Hall–Kier alpha value is -3.35. The Labute approximate surface area is 196 Å². The topological polar surface area (TPSA) is 79.8 Å². The van der Waals surface area contributed by atoms with Gasteiger partial charge in [-0.25, -0.2) is 5.43 Å². The first-order valence-corrected chi connectivity index (χ1v) is 10.5. The number of hydrazone groups is 1. The lowest BCUT2D eigenvalue weighted by atomic mass is 10.1. The molecule has 0 saturated carbocycles. The highest BCUT2D eigenvalue weighted by Gasteiger charge is 2.16. The molecule has 0 fully saturated rings. The third kappa shape index (κ3) is 6.83. The standard InChI is InChI=1S/C24H21Cl2N3O3/c1-16(19-7-3-2-4-8-19)28-23(30)24(31)29-27-14-17-6-5-9-20(12-17)32-15-18-10-11-21(25)22(26)13-18/h2-14,16H,15H2,1H3,(H,28,30)(H,29,31)/b27-14-/t16-/m0/s1. The molecule has 32 heavy (non-hydrogen) atoms. The van der Waals surface area contributed by atoms with Gasteiger partial charge in [0.1, 0.15) is 12.4 Å². The van der Waals surface area contributed by atoms with Crippen molar-refractivity contribution in [3.05, 3.63) is 99.5 Å². The largest absolute Gasteiger partial charge is 0.489 e. The summed E-state index contributed by atoms with van der Waals surface area (Å²) in [5.74, 6) is -1.01. The number of ether oxygens (including phenoxy) is 1. The van der Waals surface area contributed by atoms with E-state index in [1.807, 2.05) is 36.4 Å². The van der Waals surface area contributed by atoms with E-state index in [4.69, 9.17) is 27.9 Å². The van der Waals surface area contributed by atoms with Crippen LogP contribution in [0.4, 0.5) is 0 Å². The average Bonchev–Trinajstić information content (AvgIpc) is 2.80. The summed E-state index contributed by atoms with van der Waals surface area (Å²) in [6.07, 6.45) is 1.43. The predicted molar refractivity (Wildman–Crippen MR) is 126 cm³/mol. The molecule has 0 aliphatic carbocycles. The summed E-state index contributed by atoms with van der Waals surface area (Å²) in [7, 11) is 0. The molecule has 3 aromatic rings. The fourth-order valence-electron chi connectivity index (χ4n) is 2.78. The van der Waals surface area contributed by atoms with Crippen LogP contribution in [0, 0.1) is 0 Å². The van der Waals surface area contributed by atoms with E-state index in [0.717, 1.165) is 11.1 Å². The van der Waals surface area contributed by atoms with Crippen molar-refractivity contribution in [3.8, 4) is 5.75 Å². The van der Waals surface area contributed by atoms with Crippen LogP contribution in [0.15, 0.2) is 77.9 Å². The molecule has 1 atom stereocenters. The lowest BCUT2D eigenvalue weighted by Gasteiger charge is -2.13. The predicted octanol–water partition coefficient (Wildman–Crippen LogP) is 4.90. The number of amides is 2. The number of nitrogens with one attached hydrogen (secondary N) is 2. The maximum Gasteiger partial charge on any atom is 0.329 e. The molecule has 2 amide bonds. The third-order valence-electron chi connectivity index (χ3n) is 4.48. The van der Waals surface area contributed by atoms with Crippen molar-refractivity contribution in [3.63, 3.8) is 0 Å². The number of benzene rings is 3. The minimum Gasteiger partial charge on any atom is -0.489 e. The van der Waals surface area contributed by atoms with Crippen LogP contribution in [-0.4, -0.2) is 18.0 Å². The molecule has 0 aliphatic rings. The van der Waals surface area contributed by atoms with Crippen molar-refractivity contribution in [2.75, 3.05) is 0 Å². The normalized spacial score (nSPS) is 11.7. The van der Waals surface area contributed by atoms with Crippen molar-refractivity contribution in [2.45, 2.75) is 19.6 Å². The monoisotopic (exact) mass is 469 g/mol. The molecule has 2 N–H and O–H groups in total. The highest BCUT2D eigenvalue weighted by molar-refractivity contribution is 6.42. The van der Waals surface area contributed by atoms with E-state index >= 15 is 0 Å². The summed E-state index contributed by atoms with van der Waals surface area (Å²) >= 11 is 11.9. The molecule has 0 unspecified atom stereocenters. The van der Waals surface area contributed by atoms with E-state index < -0.39 is 11.8 Å². The van der Waals surface area contributed by atoms with Crippen molar-refractivity contribution in [1.82, 2.24) is 10.7 Å². The molecule has 0 aromatic heterocycles. The van der Waals surface area contributed by atoms with E-state index in [9.17, 15) is 9.59 Å². The Morgan fingerprint density at radius 2 is 1.75 bits per heavy atom. The molecule has 164 valence electrons. The first kappa shape index (κ1) is 23.3. The van der Waals surface area contributed by atoms with Gasteiger partial charge in [-0.05, 0) is 47.9 Å². The molecule has 0 heterocycles. The van der Waals surface area contributed by atoms with Crippen LogP contribution in [0.1, 0.15) is 29.7 Å². The summed E-state index contributed by atoms with van der Waals surface area (Å²) in [5, 5.41) is 7.43. The van der Waals surface area contributed by atoms with Gasteiger partial charge in [0, 0.05) is 0 Å². The first-order valence-electron chi connectivity index (χ1n) is 9.78. The smallest absolute Gasteiger partial charge is 0.329 e. The molecular weight excluding hydrogens is 449 g/mol. The summed E-state index contributed by atoms with van der Waals surface area (Å²) in [4.78, 5) is 24.0. The second-order valence-corrected chi connectivity index (χ2v) is 7.73. The Balaban J connectivity index is 1.51. The fourth-order valence-corrected chi connectivity index (χ4v) is 3.10. The van der Waals surface area contributed by atoms with E-state index in [1.165, 1.54) is 6.21 Å². The van der Waals surface area contributed by atoms with Gasteiger partial charge < -0.3 is 10.1 Å².